The molecule has 4 rings (SSSR count). The molecule has 28 heteroatoms. The van der Waals surface area contributed by atoms with Crippen molar-refractivity contribution in [3.05, 3.63) is 71.9 Å². The number of hydrogen-bond donors (Lipinski definition) is 15. The first-order valence-electron chi connectivity index (χ1n) is 25.0. The van der Waals surface area contributed by atoms with E-state index in [0.29, 0.717) is 22.0 Å². The molecule has 1 saturated heterocycles. The lowest BCUT2D eigenvalue weighted by atomic mass is 10.0. The fourth-order valence-corrected chi connectivity index (χ4v) is 8.37. The summed E-state index contributed by atoms with van der Waals surface area (Å²) >= 11 is 0. The van der Waals surface area contributed by atoms with Gasteiger partial charge in [0.15, 0.2) is 11.9 Å². The van der Waals surface area contributed by atoms with Gasteiger partial charge >= 0.3 is 0 Å². The Hall–Kier alpha value is -8.98. The van der Waals surface area contributed by atoms with Crippen LogP contribution in [-0.4, -0.2) is 138 Å². The van der Waals surface area contributed by atoms with Crippen molar-refractivity contribution < 1.29 is 47.9 Å². The third-order valence-electron chi connectivity index (χ3n) is 12.3. The predicted octanol–water partition coefficient (Wildman–Crippen LogP) is -4.90. The minimum atomic E-state index is -1.59. The van der Waals surface area contributed by atoms with E-state index in [0.717, 1.165) is 0 Å². The van der Waals surface area contributed by atoms with Gasteiger partial charge in [0.2, 0.25) is 59.1 Å². The minimum absolute atomic E-state index is 0.00100. The summed E-state index contributed by atoms with van der Waals surface area (Å²) in [5.74, 6) is -2.47. The van der Waals surface area contributed by atoms with E-state index in [2.05, 4.69) is 52.5 Å². The van der Waals surface area contributed by atoms with E-state index in [1.165, 1.54) is 11.6 Å². The highest BCUT2D eigenvalue weighted by molar-refractivity contribution is 5.98. The maximum Gasteiger partial charge on any atom is 0.243 e. The molecule has 1 aliphatic heterocycles. The van der Waals surface area contributed by atoms with Crippen molar-refractivity contribution in [3.63, 3.8) is 0 Å². The van der Waals surface area contributed by atoms with Crippen LogP contribution in [0.5, 0.6) is 0 Å². The average molecular weight is 1070 g/mol. The fraction of sp³-hybridized carbons (Fsp3) is 0.469. The second-order valence-corrected chi connectivity index (χ2v) is 18.4. The van der Waals surface area contributed by atoms with Gasteiger partial charge in [-0.05, 0) is 68.6 Å². The van der Waals surface area contributed by atoms with Crippen molar-refractivity contribution >= 4 is 81.9 Å². The monoisotopic (exact) mass is 1070 g/mol. The Morgan fingerprint density at radius 3 is 1.90 bits per heavy atom. The molecular formula is C49H72N18O10. The fourth-order valence-electron chi connectivity index (χ4n) is 8.37. The molecule has 418 valence electrons. The van der Waals surface area contributed by atoms with E-state index >= 15 is 0 Å². The number of amides is 10. The minimum Gasteiger partial charge on any atom is -0.370 e. The first kappa shape index (κ1) is 60.6. The number of nitrogens with zero attached hydrogens (tertiary/aromatic N) is 3. The lowest BCUT2D eigenvalue weighted by molar-refractivity contribution is -0.136. The highest BCUT2D eigenvalue weighted by Gasteiger charge is 2.35. The van der Waals surface area contributed by atoms with Gasteiger partial charge in [-0.2, -0.15) is 0 Å². The number of carbonyl (C=O) groups is 10. The summed E-state index contributed by atoms with van der Waals surface area (Å²) in [6.07, 6.45) is 0.00660. The van der Waals surface area contributed by atoms with Gasteiger partial charge in [0.25, 0.3) is 0 Å². The molecular weight excluding hydrogens is 1000 g/mol. The maximum atomic E-state index is 14.6. The number of fused-ring (bicyclic) bond motifs is 1. The van der Waals surface area contributed by atoms with Gasteiger partial charge in [0.05, 0.1) is 5.52 Å². The van der Waals surface area contributed by atoms with Crippen LogP contribution in [0.4, 0.5) is 0 Å². The topological polar surface area (TPSA) is 479 Å². The molecule has 0 bridgehead atoms. The molecule has 1 unspecified atom stereocenters. The van der Waals surface area contributed by atoms with Gasteiger partial charge in [-0.3, -0.25) is 62.6 Å². The summed E-state index contributed by atoms with van der Waals surface area (Å²) in [6.45, 7) is 1.05. The molecule has 10 amide bonds. The van der Waals surface area contributed by atoms with Crippen molar-refractivity contribution in [2.75, 3.05) is 25.5 Å². The summed E-state index contributed by atoms with van der Waals surface area (Å²) in [4.78, 5) is 144. The number of para-hydroxylation sites is 1. The molecule has 0 radical (unpaired) electrons. The molecule has 0 spiro atoms. The zero-order chi connectivity index (χ0) is 56.6. The van der Waals surface area contributed by atoms with Crippen molar-refractivity contribution in [2.45, 2.75) is 126 Å². The first-order chi connectivity index (χ1) is 36.6. The molecule has 77 heavy (non-hydrogen) atoms. The van der Waals surface area contributed by atoms with E-state index in [1.54, 1.807) is 60.8 Å². The van der Waals surface area contributed by atoms with Gasteiger partial charge in [-0.25, -0.2) is 0 Å². The number of aliphatic imine (C=N–C) groups is 2. The number of nitrogen functional groups attached to an aromatic ring is 1. The summed E-state index contributed by atoms with van der Waals surface area (Å²) in [6, 6.07) is 5.51. The van der Waals surface area contributed by atoms with Crippen LogP contribution < -0.4 is 82.8 Å². The molecule has 2 aromatic carbocycles. The van der Waals surface area contributed by atoms with Crippen LogP contribution >= 0.6 is 0 Å². The molecule has 0 aliphatic carbocycles. The van der Waals surface area contributed by atoms with Crippen LogP contribution in [0.15, 0.2) is 70.8 Å². The normalized spacial score (nSPS) is 20.8. The Bertz CT molecular complexity index is 2640. The summed E-state index contributed by atoms with van der Waals surface area (Å²) in [7, 11) is 0. The zero-order valence-electron chi connectivity index (χ0n) is 42.9. The van der Waals surface area contributed by atoms with E-state index in [4.69, 9.17) is 40.2 Å². The molecule has 7 atom stereocenters. The smallest absolute Gasteiger partial charge is 0.243 e. The van der Waals surface area contributed by atoms with Crippen LogP contribution in [0.25, 0.3) is 10.9 Å². The van der Waals surface area contributed by atoms with E-state index < -0.39 is 114 Å². The van der Waals surface area contributed by atoms with Crippen LogP contribution in [0, 0.1) is 0 Å². The first-order valence-corrected chi connectivity index (χ1v) is 25.0. The Labute approximate surface area is 444 Å². The Kier molecular flexibility index (Phi) is 23.9. The number of aromatic nitrogens is 1. The number of rotatable bonds is 19. The van der Waals surface area contributed by atoms with Gasteiger partial charge in [0, 0.05) is 63.8 Å². The molecule has 0 saturated carbocycles. The number of benzene rings is 2. The lowest BCUT2D eigenvalue weighted by Gasteiger charge is -2.28. The zero-order valence-corrected chi connectivity index (χ0v) is 42.9. The van der Waals surface area contributed by atoms with Crippen molar-refractivity contribution in [2.24, 2.45) is 44.4 Å². The standard InChI is InChI=1S/C49H72N18O10/c1-27(68)60-32(14-8-21-58-48(52)53)42(72)64-35-20-23-57-40(70)17-7-13-31(41(51)71)61-47(77)37(25-29-26-67(56)38-16-6-5-12-30(29)38)66-43(73)33(15-9-22-59-49(54)55)62-46(76)36(24-28-10-3-2-4-11-28)65-44(74)34(63-45(35)75)18-19-39(50)69/h2-6,10-12,16,26,31-37H,7-9,13-15,17-25,56H2,1H3,(H2,50,69)(H2,51,71)(H,57,70)(H,60,68)(H,61,77)(H,62,76)(H,63,75)(H,64,72)(H,65,74)(H,66,73)(H4,52,53,58)(H4,54,55,59)/t31-,32-,33?,34-,35-,36+,37-/m0/s1. The highest BCUT2D eigenvalue weighted by atomic mass is 16.2. The van der Waals surface area contributed by atoms with Crippen LogP contribution in [0.3, 0.4) is 0 Å². The van der Waals surface area contributed by atoms with Crippen molar-refractivity contribution in [1.82, 2.24) is 47.2 Å². The second kappa shape index (κ2) is 30.4. The highest BCUT2D eigenvalue weighted by Crippen LogP contribution is 2.21. The Morgan fingerprint density at radius 2 is 1.26 bits per heavy atom. The number of primary amides is 2. The number of guanidine groups is 2. The molecule has 2 heterocycles. The van der Waals surface area contributed by atoms with Crippen molar-refractivity contribution in [1.29, 1.82) is 0 Å². The van der Waals surface area contributed by atoms with E-state index in [-0.39, 0.29) is 95.8 Å². The molecule has 3 aromatic rings. The summed E-state index contributed by atoms with van der Waals surface area (Å²) in [5, 5.41) is 21.6. The van der Waals surface area contributed by atoms with Crippen LogP contribution in [-0.2, 0) is 60.8 Å². The van der Waals surface area contributed by atoms with Crippen LogP contribution in [0.2, 0.25) is 0 Å². The van der Waals surface area contributed by atoms with E-state index in [9.17, 15) is 47.9 Å². The largest absolute Gasteiger partial charge is 0.370 e. The molecule has 28 nitrogen and oxygen atoms in total. The molecule has 1 fully saturated rings. The number of hydrogen-bond acceptors (Lipinski definition) is 13. The third-order valence-corrected chi connectivity index (χ3v) is 12.3. The average Bonchev–Trinajstić information content (AvgIpc) is 3.69. The number of carbonyl (C=O) groups excluding carboxylic acids is 10. The van der Waals surface area contributed by atoms with E-state index in [1.807, 2.05) is 0 Å². The van der Waals surface area contributed by atoms with Gasteiger partial charge in [-0.1, -0.05) is 48.5 Å². The van der Waals surface area contributed by atoms with Gasteiger partial charge in [-0.15, -0.1) is 0 Å². The Balaban J connectivity index is 1.80. The third kappa shape index (κ3) is 20.7. The Morgan fingerprint density at radius 1 is 0.688 bits per heavy atom. The maximum absolute atomic E-state index is 14.6. The molecule has 1 aromatic heterocycles. The van der Waals surface area contributed by atoms with Gasteiger partial charge in [0.1, 0.15) is 42.3 Å². The number of nitrogens with two attached hydrogens (primary N) is 7. The SMILES string of the molecule is CC(=O)N[C@@H](CCCN=C(N)N)C(=O)N[C@H]1CCNC(=O)CCC[C@@H](C(N)=O)NC(=O)[C@H](Cc2cn(N)c3ccccc23)NC(=O)C(CCCN=C(N)N)NC(=O)[C@@H](Cc2ccccc2)NC(=O)[C@H](CCC(N)=O)NC1=O. The van der Waals surface area contributed by atoms with Crippen LogP contribution in [0.1, 0.15) is 82.3 Å². The summed E-state index contributed by atoms with van der Waals surface area (Å²) in [5.41, 5.74) is 34.9. The predicted molar refractivity (Wildman–Crippen MR) is 284 cm³/mol. The lowest BCUT2D eigenvalue weighted by Crippen LogP contribution is -2.60. The second-order valence-electron chi connectivity index (χ2n) is 18.4. The molecule has 1 aliphatic rings. The quantitative estimate of drug-likeness (QED) is 0.0232. The number of nitrogens with one attached hydrogen (secondary N) is 8. The van der Waals surface area contributed by atoms with Crippen molar-refractivity contribution in [3.8, 4) is 0 Å². The molecule has 22 N–H and O–H groups in total. The summed E-state index contributed by atoms with van der Waals surface area (Å²) < 4.78 is 1.35. The van der Waals surface area contributed by atoms with Gasteiger partial charge < -0.3 is 82.8 Å².